The number of amides is 2. The predicted molar refractivity (Wildman–Crippen MR) is 84.7 cm³/mol. The van der Waals surface area contributed by atoms with E-state index in [4.69, 9.17) is 0 Å². The van der Waals surface area contributed by atoms with Crippen molar-refractivity contribution in [1.29, 1.82) is 0 Å². The Bertz CT molecular complexity index is 591. The predicted octanol–water partition coefficient (Wildman–Crippen LogP) is 2.70. The highest BCUT2D eigenvalue weighted by atomic mass is 35.5. The van der Waals surface area contributed by atoms with E-state index < -0.39 is 0 Å². The van der Waals surface area contributed by atoms with Gasteiger partial charge in [0, 0.05) is 31.6 Å². The zero-order valence-electron chi connectivity index (χ0n) is 11.1. The fraction of sp³-hybridized carbons (Fsp3) is 0.267. The van der Waals surface area contributed by atoms with Gasteiger partial charge in [0.05, 0.1) is 5.69 Å². The number of carbonyl (C=O) groups is 1. The molecule has 1 aliphatic heterocycles. The van der Waals surface area contributed by atoms with E-state index in [-0.39, 0.29) is 18.4 Å². The Balaban J connectivity index is 0.00000147. The van der Waals surface area contributed by atoms with Crippen LogP contribution in [0, 0.1) is 0 Å². The van der Waals surface area contributed by atoms with Crippen molar-refractivity contribution in [2.24, 2.45) is 0 Å². The molecule has 0 atom stereocenters. The van der Waals surface area contributed by atoms with Crippen LogP contribution < -0.4 is 10.6 Å². The average molecular weight is 292 g/mol. The maximum atomic E-state index is 12.2. The monoisotopic (exact) mass is 291 g/mol. The summed E-state index contributed by atoms with van der Waals surface area (Å²) in [5.74, 6) is 0. The molecule has 0 radical (unpaired) electrons. The lowest BCUT2D eigenvalue weighted by Crippen LogP contribution is -2.48. The maximum absolute atomic E-state index is 12.2. The Morgan fingerprint density at radius 2 is 1.75 bits per heavy atom. The van der Waals surface area contributed by atoms with E-state index >= 15 is 0 Å². The van der Waals surface area contributed by atoms with Gasteiger partial charge in [0.15, 0.2) is 0 Å². The lowest BCUT2D eigenvalue weighted by molar-refractivity contribution is 0.204. The van der Waals surface area contributed by atoms with Gasteiger partial charge in [0.2, 0.25) is 0 Å². The van der Waals surface area contributed by atoms with Crippen molar-refractivity contribution >= 4 is 34.9 Å². The standard InChI is InChI=1S/C15H17N3O.ClH/c19-15(18-10-8-16-9-11-18)17-14-7-3-5-12-4-1-2-6-13(12)14;/h1-7,16H,8-11H2,(H,17,19);1H. The third-order valence-electron chi connectivity index (χ3n) is 3.44. The molecule has 0 aromatic heterocycles. The number of rotatable bonds is 1. The molecule has 0 bridgehead atoms. The van der Waals surface area contributed by atoms with Crippen LogP contribution in [0.15, 0.2) is 42.5 Å². The fourth-order valence-electron chi connectivity index (χ4n) is 2.40. The van der Waals surface area contributed by atoms with Crippen molar-refractivity contribution < 1.29 is 4.79 Å². The molecule has 0 unspecified atom stereocenters. The van der Waals surface area contributed by atoms with Gasteiger partial charge in [-0.15, -0.1) is 12.4 Å². The molecule has 2 aromatic carbocycles. The van der Waals surface area contributed by atoms with Gasteiger partial charge in [-0.2, -0.15) is 0 Å². The van der Waals surface area contributed by atoms with Crippen LogP contribution in [0.5, 0.6) is 0 Å². The number of nitrogens with zero attached hydrogens (tertiary/aromatic N) is 1. The molecule has 3 rings (SSSR count). The van der Waals surface area contributed by atoms with Crippen LogP contribution in [0.1, 0.15) is 0 Å². The average Bonchev–Trinajstić information content (AvgIpc) is 2.48. The maximum Gasteiger partial charge on any atom is 0.321 e. The molecule has 1 aliphatic rings. The highest BCUT2D eigenvalue weighted by Gasteiger charge is 2.16. The Kier molecular flexibility index (Phi) is 4.82. The number of carbonyl (C=O) groups excluding carboxylic acids is 1. The molecule has 106 valence electrons. The molecule has 5 heteroatoms. The number of urea groups is 1. The van der Waals surface area contributed by atoms with E-state index in [1.807, 2.05) is 35.2 Å². The van der Waals surface area contributed by atoms with Gasteiger partial charge in [0.25, 0.3) is 0 Å². The van der Waals surface area contributed by atoms with Gasteiger partial charge in [-0.05, 0) is 11.5 Å². The number of benzene rings is 2. The van der Waals surface area contributed by atoms with Crippen LogP contribution in [0.2, 0.25) is 0 Å². The molecule has 0 aliphatic carbocycles. The molecular weight excluding hydrogens is 274 g/mol. The largest absolute Gasteiger partial charge is 0.322 e. The van der Waals surface area contributed by atoms with Crippen molar-refractivity contribution in [3.63, 3.8) is 0 Å². The van der Waals surface area contributed by atoms with Gasteiger partial charge in [-0.1, -0.05) is 36.4 Å². The first-order valence-electron chi connectivity index (χ1n) is 6.59. The Labute approximate surface area is 124 Å². The summed E-state index contributed by atoms with van der Waals surface area (Å²) in [6.45, 7) is 3.25. The van der Waals surface area contributed by atoms with E-state index in [1.54, 1.807) is 0 Å². The smallest absolute Gasteiger partial charge is 0.321 e. The first-order chi connectivity index (χ1) is 9.34. The molecule has 1 fully saturated rings. The molecule has 2 N–H and O–H groups in total. The van der Waals surface area contributed by atoms with Crippen LogP contribution >= 0.6 is 12.4 Å². The number of halogens is 1. The second-order valence-electron chi connectivity index (χ2n) is 4.69. The first kappa shape index (κ1) is 14.6. The SMILES string of the molecule is Cl.O=C(Nc1cccc2ccccc12)N1CCNCC1. The number of hydrogen-bond acceptors (Lipinski definition) is 2. The Hall–Kier alpha value is -1.78. The van der Waals surface area contributed by atoms with E-state index in [0.29, 0.717) is 0 Å². The van der Waals surface area contributed by atoms with Crippen LogP contribution in [0.4, 0.5) is 10.5 Å². The zero-order valence-corrected chi connectivity index (χ0v) is 12.0. The lowest BCUT2D eigenvalue weighted by Gasteiger charge is -2.27. The number of nitrogens with one attached hydrogen (secondary N) is 2. The van der Waals surface area contributed by atoms with Gasteiger partial charge in [0.1, 0.15) is 0 Å². The highest BCUT2D eigenvalue weighted by molar-refractivity contribution is 6.01. The minimum atomic E-state index is -0.0159. The van der Waals surface area contributed by atoms with Crippen LogP contribution in [-0.2, 0) is 0 Å². The molecule has 2 amide bonds. The summed E-state index contributed by atoms with van der Waals surface area (Å²) in [6, 6.07) is 14.0. The lowest BCUT2D eigenvalue weighted by atomic mass is 10.1. The van der Waals surface area contributed by atoms with E-state index in [1.165, 1.54) is 0 Å². The van der Waals surface area contributed by atoms with Crippen molar-refractivity contribution in [3.8, 4) is 0 Å². The summed E-state index contributed by atoms with van der Waals surface area (Å²) in [5.41, 5.74) is 0.877. The van der Waals surface area contributed by atoms with Crippen molar-refractivity contribution in [2.45, 2.75) is 0 Å². The summed E-state index contributed by atoms with van der Waals surface area (Å²) in [5, 5.41) is 8.47. The first-order valence-corrected chi connectivity index (χ1v) is 6.59. The molecular formula is C15H18ClN3O. The van der Waals surface area contributed by atoms with Crippen LogP contribution in [0.25, 0.3) is 10.8 Å². The van der Waals surface area contributed by atoms with Gasteiger partial charge in [-0.25, -0.2) is 4.79 Å². The summed E-state index contributed by atoms with van der Waals surface area (Å²) >= 11 is 0. The van der Waals surface area contributed by atoms with Crippen molar-refractivity contribution in [2.75, 3.05) is 31.5 Å². The van der Waals surface area contributed by atoms with Crippen LogP contribution in [0.3, 0.4) is 0 Å². The van der Waals surface area contributed by atoms with Gasteiger partial charge >= 0.3 is 6.03 Å². The molecule has 20 heavy (non-hydrogen) atoms. The zero-order chi connectivity index (χ0) is 13.1. The number of anilines is 1. The summed E-state index contributed by atoms with van der Waals surface area (Å²) in [7, 11) is 0. The minimum absolute atomic E-state index is 0. The van der Waals surface area contributed by atoms with E-state index in [9.17, 15) is 4.79 Å². The number of hydrogen-bond donors (Lipinski definition) is 2. The molecule has 1 heterocycles. The molecule has 0 saturated carbocycles. The Morgan fingerprint density at radius 3 is 2.55 bits per heavy atom. The quantitative estimate of drug-likeness (QED) is 0.848. The second-order valence-corrected chi connectivity index (χ2v) is 4.69. The third kappa shape index (κ3) is 3.03. The second kappa shape index (κ2) is 6.59. The summed E-state index contributed by atoms with van der Waals surface area (Å²) in [4.78, 5) is 14.0. The fourth-order valence-corrected chi connectivity index (χ4v) is 2.40. The van der Waals surface area contributed by atoms with Crippen molar-refractivity contribution in [3.05, 3.63) is 42.5 Å². The van der Waals surface area contributed by atoms with E-state index in [0.717, 1.165) is 42.6 Å². The summed E-state index contributed by atoms with van der Waals surface area (Å²) in [6.07, 6.45) is 0. The number of piperazine rings is 1. The number of fused-ring (bicyclic) bond motifs is 1. The molecule has 2 aromatic rings. The minimum Gasteiger partial charge on any atom is -0.322 e. The third-order valence-corrected chi connectivity index (χ3v) is 3.44. The summed E-state index contributed by atoms with van der Waals surface area (Å²) < 4.78 is 0. The van der Waals surface area contributed by atoms with Gasteiger partial charge < -0.3 is 15.5 Å². The van der Waals surface area contributed by atoms with Crippen molar-refractivity contribution in [1.82, 2.24) is 10.2 Å². The molecule has 0 spiro atoms. The van der Waals surface area contributed by atoms with E-state index in [2.05, 4.69) is 22.8 Å². The normalized spacial score (nSPS) is 14.7. The van der Waals surface area contributed by atoms with Gasteiger partial charge in [-0.3, -0.25) is 0 Å². The highest BCUT2D eigenvalue weighted by Crippen LogP contribution is 2.23. The topological polar surface area (TPSA) is 44.4 Å². The Morgan fingerprint density at radius 1 is 1.05 bits per heavy atom. The molecule has 4 nitrogen and oxygen atoms in total. The van der Waals surface area contributed by atoms with Crippen LogP contribution in [-0.4, -0.2) is 37.1 Å². The molecule has 1 saturated heterocycles.